The molecule has 0 heterocycles. The molecule has 5 nitrogen and oxygen atoms in total. The third kappa shape index (κ3) is 3.48. The molecule has 1 aromatic rings. The second-order valence-electron chi connectivity index (χ2n) is 4.67. The van der Waals surface area contributed by atoms with Crippen molar-refractivity contribution in [2.24, 2.45) is 5.14 Å². The van der Waals surface area contributed by atoms with E-state index in [2.05, 4.69) is 0 Å². The molecule has 0 amide bonds. The molecular weight excluding hydrogens is 398 g/mol. The molecule has 110 valence electrons. The third-order valence-electron chi connectivity index (χ3n) is 2.93. The Labute approximate surface area is 133 Å². The van der Waals surface area contributed by atoms with Gasteiger partial charge in [0.1, 0.15) is 5.82 Å². The molecule has 1 atom stereocenters. The first-order chi connectivity index (χ1) is 9.09. The second-order valence-corrected chi connectivity index (χ2v) is 7.36. The molecule has 0 saturated heterocycles. The molecule has 0 fully saturated rings. The highest BCUT2D eigenvalue weighted by Gasteiger charge is 2.35. The van der Waals surface area contributed by atoms with Crippen molar-refractivity contribution in [3.63, 3.8) is 0 Å². The van der Waals surface area contributed by atoms with E-state index in [4.69, 9.17) is 5.14 Å². The van der Waals surface area contributed by atoms with Gasteiger partial charge < -0.3 is 4.55 Å². The van der Waals surface area contributed by atoms with E-state index in [0.717, 1.165) is 12.1 Å². The summed E-state index contributed by atoms with van der Waals surface area (Å²) in [6, 6.07) is 3.32. The van der Waals surface area contributed by atoms with Crippen LogP contribution in [-0.4, -0.2) is 14.2 Å². The Balaban J connectivity index is 3.43. The summed E-state index contributed by atoms with van der Waals surface area (Å²) in [5.74, 6) is -0.569. The molecule has 0 aliphatic carbocycles. The van der Waals surface area contributed by atoms with Crippen LogP contribution < -0.4 is 5.14 Å². The number of benzene rings is 1. The standard InChI is InChI=1S/C12H14FIN2O3S/c1-7(11(14)12(2,3)20(15)19)9-6-8(16(17)18)4-5-10(9)13/h4-6H,15H2,1-3H3. The normalized spacial score (nSPS) is 14.8. The zero-order valence-corrected chi connectivity index (χ0v) is 14.1. The van der Waals surface area contributed by atoms with Crippen LogP contribution in [0.2, 0.25) is 0 Å². The van der Waals surface area contributed by atoms with E-state index in [9.17, 15) is 19.1 Å². The predicted molar refractivity (Wildman–Crippen MR) is 86.1 cm³/mol. The van der Waals surface area contributed by atoms with Gasteiger partial charge in [0.25, 0.3) is 5.69 Å². The molecule has 0 radical (unpaired) electrons. The Bertz CT molecular complexity index is 576. The maximum absolute atomic E-state index is 13.9. The van der Waals surface area contributed by atoms with Gasteiger partial charge in [0.15, 0.2) is 4.75 Å². The summed E-state index contributed by atoms with van der Waals surface area (Å²) in [5, 5.41) is 16.2. The molecule has 0 saturated carbocycles. The van der Waals surface area contributed by atoms with Crippen LogP contribution in [0.1, 0.15) is 26.3 Å². The van der Waals surface area contributed by atoms with Crippen LogP contribution in [0.25, 0.3) is 5.57 Å². The highest BCUT2D eigenvalue weighted by Crippen LogP contribution is 2.37. The van der Waals surface area contributed by atoms with Crippen molar-refractivity contribution in [3.05, 3.63) is 43.3 Å². The molecule has 1 rings (SSSR count). The zero-order valence-electron chi connectivity index (χ0n) is 11.1. The molecular formula is C12H14FIN2O3S. The first-order valence-corrected chi connectivity index (χ1v) is 7.85. The highest BCUT2D eigenvalue weighted by atomic mass is 127. The van der Waals surface area contributed by atoms with Gasteiger partial charge >= 0.3 is 0 Å². The Morgan fingerprint density at radius 1 is 1.50 bits per heavy atom. The number of rotatable bonds is 4. The highest BCUT2D eigenvalue weighted by molar-refractivity contribution is 14.1. The summed E-state index contributed by atoms with van der Waals surface area (Å²) in [7, 11) is 0. The van der Waals surface area contributed by atoms with Crippen molar-refractivity contribution in [2.75, 3.05) is 0 Å². The SMILES string of the molecule is CC(=C(I)C(C)(C)[S+](N)[O-])c1cc([N+](=O)[O-])ccc1F. The van der Waals surface area contributed by atoms with Crippen molar-refractivity contribution in [1.29, 1.82) is 0 Å². The van der Waals surface area contributed by atoms with Gasteiger partial charge in [0.2, 0.25) is 0 Å². The third-order valence-corrected chi connectivity index (χ3v) is 6.66. The number of allylic oxidation sites excluding steroid dienone is 1. The minimum absolute atomic E-state index is 0.113. The number of hydrogen-bond acceptors (Lipinski definition) is 4. The van der Waals surface area contributed by atoms with E-state index in [1.54, 1.807) is 20.8 Å². The molecule has 1 unspecified atom stereocenters. The van der Waals surface area contributed by atoms with Gasteiger partial charge in [0, 0.05) is 29.1 Å². The minimum Gasteiger partial charge on any atom is -0.598 e. The summed E-state index contributed by atoms with van der Waals surface area (Å²) in [5.41, 5.74) is 0.398. The number of non-ortho nitro benzene ring substituents is 1. The van der Waals surface area contributed by atoms with Gasteiger partial charge in [-0.25, -0.2) is 4.39 Å². The summed E-state index contributed by atoms with van der Waals surface area (Å²) >= 11 is 0.302. The van der Waals surface area contributed by atoms with Gasteiger partial charge in [0.05, 0.1) is 8.50 Å². The fourth-order valence-corrected chi connectivity index (χ4v) is 2.84. The van der Waals surface area contributed by atoms with Crippen molar-refractivity contribution in [2.45, 2.75) is 25.5 Å². The van der Waals surface area contributed by atoms with E-state index in [0.29, 0.717) is 9.15 Å². The van der Waals surface area contributed by atoms with Crippen molar-refractivity contribution in [3.8, 4) is 0 Å². The number of nitro groups is 1. The largest absolute Gasteiger partial charge is 0.598 e. The lowest BCUT2D eigenvalue weighted by molar-refractivity contribution is -0.384. The van der Waals surface area contributed by atoms with Crippen LogP contribution in [0.4, 0.5) is 10.1 Å². The predicted octanol–water partition coefficient (Wildman–Crippen LogP) is 3.30. The van der Waals surface area contributed by atoms with Gasteiger partial charge in [-0.2, -0.15) is 5.14 Å². The summed E-state index contributed by atoms with van der Waals surface area (Å²) < 4.78 is 25.2. The minimum atomic E-state index is -1.64. The van der Waals surface area contributed by atoms with Crippen molar-refractivity contribution < 1.29 is 13.9 Å². The Morgan fingerprint density at radius 2 is 2.05 bits per heavy atom. The van der Waals surface area contributed by atoms with Crippen LogP contribution >= 0.6 is 22.6 Å². The number of nitrogens with two attached hydrogens (primary N) is 1. The van der Waals surface area contributed by atoms with E-state index in [1.807, 2.05) is 22.6 Å². The lowest BCUT2D eigenvalue weighted by Crippen LogP contribution is -2.38. The lowest BCUT2D eigenvalue weighted by Gasteiger charge is -2.25. The number of nitro benzene ring substituents is 1. The van der Waals surface area contributed by atoms with Crippen LogP contribution in [-0.2, 0) is 11.4 Å². The van der Waals surface area contributed by atoms with Crippen LogP contribution in [0.5, 0.6) is 0 Å². The molecule has 2 N–H and O–H groups in total. The molecule has 0 aliphatic heterocycles. The topological polar surface area (TPSA) is 92.2 Å². The molecule has 0 bridgehead atoms. The van der Waals surface area contributed by atoms with Gasteiger partial charge in [-0.3, -0.25) is 10.1 Å². The van der Waals surface area contributed by atoms with Crippen molar-refractivity contribution >= 4 is 45.2 Å². The summed E-state index contributed by atoms with van der Waals surface area (Å²) in [6.07, 6.45) is 0. The maximum Gasteiger partial charge on any atom is 0.270 e. The Hall–Kier alpha value is -0.710. The number of halogens is 2. The fourth-order valence-electron chi connectivity index (χ4n) is 1.57. The average molecular weight is 412 g/mol. The van der Waals surface area contributed by atoms with Crippen LogP contribution in [0.3, 0.4) is 0 Å². The van der Waals surface area contributed by atoms with Crippen LogP contribution in [0.15, 0.2) is 21.8 Å². The van der Waals surface area contributed by atoms with E-state index >= 15 is 0 Å². The second kappa shape index (κ2) is 6.37. The Morgan fingerprint density at radius 3 is 2.50 bits per heavy atom. The molecule has 20 heavy (non-hydrogen) atoms. The maximum atomic E-state index is 13.9. The lowest BCUT2D eigenvalue weighted by atomic mass is 10.0. The molecule has 8 heteroatoms. The molecule has 1 aromatic carbocycles. The fraction of sp³-hybridized carbons (Fsp3) is 0.333. The first-order valence-electron chi connectivity index (χ1n) is 5.56. The Kier molecular flexibility index (Phi) is 5.53. The summed E-state index contributed by atoms with van der Waals surface area (Å²) in [6.45, 7) is 4.96. The smallest absolute Gasteiger partial charge is 0.270 e. The van der Waals surface area contributed by atoms with E-state index in [1.165, 1.54) is 6.07 Å². The van der Waals surface area contributed by atoms with E-state index < -0.39 is 26.8 Å². The monoisotopic (exact) mass is 412 g/mol. The number of hydrogen-bond donors (Lipinski definition) is 1. The molecule has 0 aromatic heterocycles. The van der Waals surface area contributed by atoms with Crippen molar-refractivity contribution in [1.82, 2.24) is 0 Å². The van der Waals surface area contributed by atoms with Gasteiger partial charge in [-0.15, -0.1) is 0 Å². The molecule has 0 spiro atoms. The zero-order chi connectivity index (χ0) is 15.7. The van der Waals surface area contributed by atoms with Crippen LogP contribution in [0, 0.1) is 15.9 Å². The number of nitrogens with zero attached hydrogens (tertiary/aromatic N) is 1. The van der Waals surface area contributed by atoms with Gasteiger partial charge in [-0.05, 0) is 55.0 Å². The quantitative estimate of drug-likeness (QED) is 0.356. The van der Waals surface area contributed by atoms with Gasteiger partial charge in [-0.1, -0.05) is 0 Å². The molecule has 0 aliphatic rings. The summed E-state index contributed by atoms with van der Waals surface area (Å²) in [4.78, 5) is 10.2. The van der Waals surface area contributed by atoms with E-state index in [-0.39, 0.29) is 11.3 Å². The average Bonchev–Trinajstić information content (AvgIpc) is 2.36. The first kappa shape index (κ1) is 17.3.